The number of nitrogens with zero attached hydrogens (tertiary/aromatic N) is 1. The van der Waals surface area contributed by atoms with Crippen molar-refractivity contribution in [3.05, 3.63) is 71.8 Å². The van der Waals surface area contributed by atoms with Crippen molar-refractivity contribution in [2.45, 2.75) is 24.8 Å². The standard InChI is InChI=1S/C19H21NO2/c21-14-13-20(17-11-12-17)19(22)18(15-7-3-1-4-8-15)16-9-5-2-6-10-16/h1-10,17-18,21H,11-14H2. The lowest BCUT2D eigenvalue weighted by Crippen LogP contribution is -2.39. The molecule has 2 aromatic rings. The van der Waals surface area contributed by atoms with Crippen molar-refractivity contribution in [1.82, 2.24) is 4.90 Å². The van der Waals surface area contributed by atoms with Gasteiger partial charge in [0.2, 0.25) is 5.91 Å². The summed E-state index contributed by atoms with van der Waals surface area (Å²) >= 11 is 0. The van der Waals surface area contributed by atoms with E-state index in [1.807, 2.05) is 65.6 Å². The van der Waals surface area contributed by atoms with Crippen molar-refractivity contribution in [2.24, 2.45) is 0 Å². The lowest BCUT2D eigenvalue weighted by Gasteiger charge is -2.27. The minimum atomic E-state index is -0.297. The molecule has 0 aliphatic heterocycles. The maximum Gasteiger partial charge on any atom is 0.234 e. The lowest BCUT2D eigenvalue weighted by atomic mass is 9.90. The zero-order valence-electron chi connectivity index (χ0n) is 12.6. The van der Waals surface area contributed by atoms with Gasteiger partial charge < -0.3 is 10.0 Å². The van der Waals surface area contributed by atoms with Crippen LogP contribution in [0.25, 0.3) is 0 Å². The van der Waals surface area contributed by atoms with Gasteiger partial charge in [-0.1, -0.05) is 60.7 Å². The Morgan fingerprint density at radius 2 is 1.50 bits per heavy atom. The molecule has 1 aliphatic carbocycles. The molecule has 1 aliphatic rings. The van der Waals surface area contributed by atoms with Crippen LogP contribution < -0.4 is 0 Å². The number of aliphatic hydroxyl groups is 1. The van der Waals surface area contributed by atoms with E-state index in [9.17, 15) is 9.90 Å². The van der Waals surface area contributed by atoms with Crippen LogP contribution in [0.4, 0.5) is 0 Å². The van der Waals surface area contributed by atoms with Gasteiger partial charge in [-0.05, 0) is 24.0 Å². The average Bonchev–Trinajstić information content (AvgIpc) is 3.39. The Labute approximate surface area is 131 Å². The number of amides is 1. The minimum absolute atomic E-state index is 0.0124. The summed E-state index contributed by atoms with van der Waals surface area (Å²) in [6.07, 6.45) is 2.09. The van der Waals surface area contributed by atoms with Gasteiger partial charge in [0.1, 0.15) is 0 Å². The molecule has 0 unspecified atom stereocenters. The van der Waals surface area contributed by atoms with E-state index in [-0.39, 0.29) is 18.4 Å². The fourth-order valence-electron chi connectivity index (χ4n) is 2.90. The Morgan fingerprint density at radius 1 is 1.00 bits per heavy atom. The van der Waals surface area contributed by atoms with Gasteiger partial charge in [-0.15, -0.1) is 0 Å². The fraction of sp³-hybridized carbons (Fsp3) is 0.316. The molecular formula is C19H21NO2. The summed E-state index contributed by atoms with van der Waals surface area (Å²) in [7, 11) is 0. The van der Waals surface area contributed by atoms with E-state index < -0.39 is 0 Å². The molecule has 2 aromatic carbocycles. The van der Waals surface area contributed by atoms with E-state index in [4.69, 9.17) is 0 Å². The molecule has 3 heteroatoms. The van der Waals surface area contributed by atoms with E-state index in [1.54, 1.807) is 0 Å². The van der Waals surface area contributed by atoms with Crippen molar-refractivity contribution in [3.63, 3.8) is 0 Å². The van der Waals surface area contributed by atoms with Crippen LogP contribution in [-0.2, 0) is 4.79 Å². The normalized spacial score (nSPS) is 14.1. The van der Waals surface area contributed by atoms with E-state index in [2.05, 4.69) is 0 Å². The SMILES string of the molecule is O=C(C(c1ccccc1)c1ccccc1)N(CCO)C1CC1. The van der Waals surface area contributed by atoms with Crippen LogP contribution in [0.2, 0.25) is 0 Å². The second-order valence-corrected chi connectivity index (χ2v) is 5.74. The van der Waals surface area contributed by atoms with Crippen LogP contribution in [-0.4, -0.2) is 35.1 Å². The molecule has 22 heavy (non-hydrogen) atoms. The van der Waals surface area contributed by atoms with Crippen LogP contribution in [0.15, 0.2) is 60.7 Å². The smallest absolute Gasteiger partial charge is 0.234 e. The van der Waals surface area contributed by atoms with Crippen molar-refractivity contribution in [2.75, 3.05) is 13.2 Å². The van der Waals surface area contributed by atoms with E-state index in [0.717, 1.165) is 24.0 Å². The summed E-state index contributed by atoms with van der Waals surface area (Å²) in [5, 5.41) is 9.29. The predicted molar refractivity (Wildman–Crippen MR) is 86.5 cm³/mol. The number of benzene rings is 2. The number of carbonyl (C=O) groups excluding carboxylic acids is 1. The molecule has 0 saturated heterocycles. The van der Waals surface area contributed by atoms with Gasteiger partial charge in [0.25, 0.3) is 0 Å². The van der Waals surface area contributed by atoms with Crippen LogP contribution in [0, 0.1) is 0 Å². The Bertz CT molecular complexity index is 568. The van der Waals surface area contributed by atoms with E-state index in [1.165, 1.54) is 0 Å². The first-order valence-corrected chi connectivity index (χ1v) is 7.82. The molecule has 0 spiro atoms. The van der Waals surface area contributed by atoms with E-state index >= 15 is 0 Å². The van der Waals surface area contributed by atoms with Crippen molar-refractivity contribution < 1.29 is 9.90 Å². The van der Waals surface area contributed by atoms with Crippen molar-refractivity contribution in [1.29, 1.82) is 0 Å². The Morgan fingerprint density at radius 3 is 1.91 bits per heavy atom. The summed E-state index contributed by atoms with van der Waals surface area (Å²) in [5.74, 6) is -0.205. The van der Waals surface area contributed by atoms with E-state index in [0.29, 0.717) is 12.6 Å². The first-order valence-electron chi connectivity index (χ1n) is 7.82. The quantitative estimate of drug-likeness (QED) is 0.890. The second-order valence-electron chi connectivity index (χ2n) is 5.74. The molecule has 0 heterocycles. The third-order valence-electron chi connectivity index (χ3n) is 4.12. The monoisotopic (exact) mass is 295 g/mol. The second kappa shape index (κ2) is 6.75. The van der Waals surface area contributed by atoms with Gasteiger partial charge in [-0.25, -0.2) is 0 Å². The largest absolute Gasteiger partial charge is 0.395 e. The Balaban J connectivity index is 1.96. The molecule has 1 N–H and O–H groups in total. The van der Waals surface area contributed by atoms with Crippen molar-refractivity contribution in [3.8, 4) is 0 Å². The number of aliphatic hydroxyl groups excluding tert-OH is 1. The third-order valence-corrected chi connectivity index (χ3v) is 4.12. The maximum absolute atomic E-state index is 13.1. The number of hydrogen-bond acceptors (Lipinski definition) is 2. The first kappa shape index (κ1) is 14.8. The molecule has 0 atom stereocenters. The molecular weight excluding hydrogens is 274 g/mol. The molecule has 3 rings (SSSR count). The highest BCUT2D eigenvalue weighted by molar-refractivity contribution is 5.87. The predicted octanol–water partition coefficient (Wildman–Crippen LogP) is 2.80. The highest BCUT2D eigenvalue weighted by Gasteiger charge is 2.36. The topological polar surface area (TPSA) is 40.5 Å². The summed E-state index contributed by atoms with van der Waals surface area (Å²) in [6, 6.07) is 20.1. The minimum Gasteiger partial charge on any atom is -0.395 e. The van der Waals surface area contributed by atoms with Crippen LogP contribution in [0.1, 0.15) is 29.9 Å². The molecule has 1 amide bonds. The highest BCUT2D eigenvalue weighted by Crippen LogP contribution is 2.33. The number of carbonyl (C=O) groups is 1. The average molecular weight is 295 g/mol. The molecule has 1 fully saturated rings. The Kier molecular flexibility index (Phi) is 4.54. The molecule has 3 nitrogen and oxygen atoms in total. The third kappa shape index (κ3) is 3.20. The number of rotatable bonds is 6. The van der Waals surface area contributed by atoms with Crippen molar-refractivity contribution >= 4 is 5.91 Å². The van der Waals surface area contributed by atoms with Gasteiger partial charge in [-0.2, -0.15) is 0 Å². The maximum atomic E-state index is 13.1. The van der Waals surface area contributed by atoms with Gasteiger partial charge in [0, 0.05) is 12.6 Å². The Hall–Kier alpha value is -2.13. The summed E-state index contributed by atoms with van der Waals surface area (Å²) in [5.41, 5.74) is 2.00. The summed E-state index contributed by atoms with van der Waals surface area (Å²) < 4.78 is 0. The van der Waals surface area contributed by atoms with Gasteiger partial charge in [-0.3, -0.25) is 4.79 Å². The van der Waals surface area contributed by atoms with Gasteiger partial charge >= 0.3 is 0 Å². The highest BCUT2D eigenvalue weighted by atomic mass is 16.3. The summed E-state index contributed by atoms with van der Waals surface area (Å²) in [6.45, 7) is 0.429. The van der Waals surface area contributed by atoms with Crippen LogP contribution in [0.5, 0.6) is 0 Å². The van der Waals surface area contributed by atoms with Crippen LogP contribution in [0.3, 0.4) is 0 Å². The first-order chi connectivity index (χ1) is 10.8. The molecule has 1 saturated carbocycles. The zero-order valence-corrected chi connectivity index (χ0v) is 12.6. The van der Waals surface area contributed by atoms with Gasteiger partial charge in [0.05, 0.1) is 12.5 Å². The molecule has 114 valence electrons. The lowest BCUT2D eigenvalue weighted by molar-refractivity contribution is -0.133. The molecule has 0 bridgehead atoms. The molecule has 0 aromatic heterocycles. The number of hydrogen-bond donors (Lipinski definition) is 1. The van der Waals surface area contributed by atoms with Crippen LogP contribution >= 0.6 is 0 Å². The zero-order chi connectivity index (χ0) is 15.4. The molecule has 0 radical (unpaired) electrons. The van der Waals surface area contributed by atoms with Gasteiger partial charge in [0.15, 0.2) is 0 Å². The fourth-order valence-corrected chi connectivity index (χ4v) is 2.90. The summed E-state index contributed by atoms with van der Waals surface area (Å²) in [4.78, 5) is 15.0.